The third kappa shape index (κ3) is 3.59. The Balaban J connectivity index is 1.75. The van der Waals surface area contributed by atoms with Gasteiger partial charge in [-0.2, -0.15) is 4.52 Å². The average molecular weight is 350 g/mol. The second kappa shape index (κ2) is 7.04. The van der Waals surface area contributed by atoms with Crippen LogP contribution >= 0.6 is 11.3 Å². The number of nitrogens with one attached hydrogen (secondary N) is 1. The molecule has 8 heteroatoms. The van der Waals surface area contributed by atoms with Crippen LogP contribution in [0.3, 0.4) is 0 Å². The van der Waals surface area contributed by atoms with Gasteiger partial charge in [0.25, 0.3) is 12.0 Å². The third-order valence-corrected chi connectivity index (χ3v) is 4.35. The van der Waals surface area contributed by atoms with E-state index in [1.807, 2.05) is 6.92 Å². The van der Waals surface area contributed by atoms with Crippen LogP contribution in [-0.2, 0) is 13.0 Å². The maximum atomic E-state index is 12.5. The van der Waals surface area contributed by atoms with Crippen LogP contribution in [0, 0.1) is 0 Å². The molecule has 3 rings (SSSR count). The molecule has 0 bridgehead atoms. The van der Waals surface area contributed by atoms with Gasteiger partial charge in [-0.15, -0.1) is 5.10 Å². The van der Waals surface area contributed by atoms with Crippen LogP contribution in [0.25, 0.3) is 4.96 Å². The van der Waals surface area contributed by atoms with Crippen LogP contribution in [0.15, 0.2) is 35.1 Å². The Bertz CT molecular complexity index is 889. The Hall–Kier alpha value is -2.35. The normalized spacial score (nSPS) is 11.3. The van der Waals surface area contributed by atoms with Crippen molar-refractivity contribution in [2.24, 2.45) is 0 Å². The Morgan fingerprint density at radius 3 is 2.71 bits per heavy atom. The molecule has 0 unspecified atom stereocenters. The molecule has 0 aliphatic heterocycles. The molecule has 0 atom stereocenters. The van der Waals surface area contributed by atoms with Crippen molar-refractivity contribution in [3.63, 3.8) is 0 Å². The molecule has 0 aliphatic rings. The van der Waals surface area contributed by atoms with Crippen LogP contribution in [0.4, 0.5) is 13.9 Å². The van der Waals surface area contributed by atoms with E-state index >= 15 is 0 Å². The summed E-state index contributed by atoms with van der Waals surface area (Å²) in [7, 11) is 0. The number of aryl methyl sites for hydroxylation is 1. The maximum absolute atomic E-state index is 12.5. The minimum Gasteiger partial charge on any atom is -0.356 e. The van der Waals surface area contributed by atoms with Crippen molar-refractivity contribution < 1.29 is 8.78 Å². The average Bonchev–Trinajstić information content (AvgIpc) is 2.97. The summed E-state index contributed by atoms with van der Waals surface area (Å²) in [5.74, 6) is 0. The number of aromatic nitrogens is 3. The van der Waals surface area contributed by atoms with Gasteiger partial charge in [0.1, 0.15) is 0 Å². The fourth-order valence-corrected chi connectivity index (χ4v) is 3.09. The van der Waals surface area contributed by atoms with E-state index in [9.17, 15) is 13.6 Å². The van der Waals surface area contributed by atoms with Crippen LogP contribution in [0.1, 0.15) is 36.6 Å². The van der Waals surface area contributed by atoms with Crippen molar-refractivity contribution in [2.45, 2.75) is 32.7 Å². The van der Waals surface area contributed by atoms with Crippen molar-refractivity contribution in [1.82, 2.24) is 14.6 Å². The van der Waals surface area contributed by atoms with E-state index in [4.69, 9.17) is 0 Å². The SMILES string of the molecule is CCCc1cc(=O)n2nc(NCc3ccc(C(F)F)cc3)sc2n1. The van der Waals surface area contributed by atoms with Crippen molar-refractivity contribution in [3.05, 3.63) is 57.5 Å². The molecule has 1 N–H and O–H groups in total. The quantitative estimate of drug-likeness (QED) is 0.737. The van der Waals surface area contributed by atoms with E-state index < -0.39 is 6.43 Å². The highest BCUT2D eigenvalue weighted by Gasteiger charge is 2.09. The summed E-state index contributed by atoms with van der Waals surface area (Å²) in [6, 6.07) is 7.60. The summed E-state index contributed by atoms with van der Waals surface area (Å²) >= 11 is 1.29. The minimum atomic E-state index is -2.47. The Labute approximate surface area is 141 Å². The number of hydrogen-bond donors (Lipinski definition) is 1. The first-order valence-corrected chi connectivity index (χ1v) is 8.39. The molecule has 3 aromatic rings. The number of alkyl halides is 2. The molecule has 126 valence electrons. The molecular weight excluding hydrogens is 334 g/mol. The number of nitrogens with zero attached hydrogens (tertiary/aromatic N) is 3. The summed E-state index contributed by atoms with van der Waals surface area (Å²) in [6.45, 7) is 2.46. The Morgan fingerprint density at radius 2 is 2.04 bits per heavy atom. The fraction of sp³-hybridized carbons (Fsp3) is 0.312. The van der Waals surface area contributed by atoms with E-state index in [0.29, 0.717) is 16.6 Å². The summed E-state index contributed by atoms with van der Waals surface area (Å²) in [4.78, 5) is 17.0. The lowest BCUT2D eigenvalue weighted by Crippen LogP contribution is -2.15. The van der Waals surface area contributed by atoms with Crippen molar-refractivity contribution >= 4 is 21.4 Å². The molecule has 0 aliphatic carbocycles. The molecule has 0 amide bonds. The number of anilines is 1. The van der Waals surface area contributed by atoms with Gasteiger partial charge in [0, 0.05) is 23.9 Å². The number of benzene rings is 1. The molecule has 24 heavy (non-hydrogen) atoms. The second-order valence-electron chi connectivity index (χ2n) is 5.33. The minimum absolute atomic E-state index is 0.00190. The van der Waals surface area contributed by atoms with Crippen molar-refractivity contribution in [1.29, 1.82) is 0 Å². The molecular formula is C16H16F2N4OS. The van der Waals surface area contributed by atoms with Crippen molar-refractivity contribution in [2.75, 3.05) is 5.32 Å². The van der Waals surface area contributed by atoms with Gasteiger partial charge < -0.3 is 5.32 Å². The van der Waals surface area contributed by atoms with Crippen LogP contribution in [-0.4, -0.2) is 14.6 Å². The number of halogens is 2. The standard InChI is InChI=1S/C16H16F2N4OS/c1-2-3-12-8-13(23)22-16(20-12)24-15(21-22)19-9-10-4-6-11(7-5-10)14(17)18/h4-8,14H,2-3,9H2,1H3,(H,19,21). The molecule has 0 fully saturated rings. The highest BCUT2D eigenvalue weighted by atomic mass is 32.1. The largest absolute Gasteiger partial charge is 0.356 e. The first-order valence-electron chi connectivity index (χ1n) is 7.57. The number of hydrogen-bond acceptors (Lipinski definition) is 5. The summed E-state index contributed by atoms with van der Waals surface area (Å²) in [5.41, 5.74) is 1.41. The van der Waals surface area contributed by atoms with E-state index in [2.05, 4.69) is 15.4 Å². The zero-order valence-electron chi connectivity index (χ0n) is 13.0. The Kier molecular flexibility index (Phi) is 4.84. The Morgan fingerprint density at radius 1 is 1.29 bits per heavy atom. The van der Waals surface area contributed by atoms with Gasteiger partial charge in [0.15, 0.2) is 0 Å². The van der Waals surface area contributed by atoms with Gasteiger partial charge in [0.05, 0.1) is 0 Å². The summed E-state index contributed by atoms with van der Waals surface area (Å²) in [5, 5.41) is 7.86. The number of fused-ring (bicyclic) bond motifs is 1. The van der Waals surface area contributed by atoms with Gasteiger partial charge in [-0.1, -0.05) is 48.9 Å². The highest BCUT2D eigenvalue weighted by molar-refractivity contribution is 7.20. The van der Waals surface area contributed by atoms with Gasteiger partial charge in [-0.05, 0) is 12.0 Å². The predicted octanol–water partition coefficient (Wildman–Crippen LogP) is 3.65. The molecule has 0 saturated heterocycles. The van der Waals surface area contributed by atoms with Gasteiger partial charge in [-0.3, -0.25) is 4.79 Å². The molecule has 5 nitrogen and oxygen atoms in total. The lowest BCUT2D eigenvalue weighted by atomic mass is 10.1. The lowest BCUT2D eigenvalue weighted by molar-refractivity contribution is 0.151. The molecule has 2 aromatic heterocycles. The summed E-state index contributed by atoms with van der Waals surface area (Å²) < 4.78 is 26.3. The first kappa shape index (κ1) is 16.5. The van der Waals surface area contributed by atoms with E-state index in [-0.39, 0.29) is 11.1 Å². The van der Waals surface area contributed by atoms with E-state index in [0.717, 1.165) is 24.1 Å². The van der Waals surface area contributed by atoms with Crippen molar-refractivity contribution in [3.8, 4) is 0 Å². The summed E-state index contributed by atoms with van der Waals surface area (Å²) in [6.07, 6.45) is -0.796. The van der Waals surface area contributed by atoms with E-state index in [1.54, 1.807) is 12.1 Å². The fourth-order valence-electron chi connectivity index (χ4n) is 2.27. The van der Waals surface area contributed by atoms with Gasteiger partial charge in [0.2, 0.25) is 10.1 Å². The highest BCUT2D eigenvalue weighted by Crippen LogP contribution is 2.20. The van der Waals surface area contributed by atoms with Gasteiger partial charge in [-0.25, -0.2) is 13.8 Å². The number of rotatable bonds is 6. The molecule has 0 radical (unpaired) electrons. The second-order valence-corrected chi connectivity index (χ2v) is 6.29. The molecule has 2 heterocycles. The van der Waals surface area contributed by atoms with Crippen LogP contribution in [0.5, 0.6) is 0 Å². The smallest absolute Gasteiger partial charge is 0.275 e. The predicted molar refractivity (Wildman–Crippen MR) is 89.9 cm³/mol. The maximum Gasteiger partial charge on any atom is 0.275 e. The monoisotopic (exact) mass is 350 g/mol. The van der Waals surface area contributed by atoms with Crippen LogP contribution in [0.2, 0.25) is 0 Å². The zero-order valence-corrected chi connectivity index (χ0v) is 13.8. The lowest BCUT2D eigenvalue weighted by Gasteiger charge is -2.04. The van der Waals surface area contributed by atoms with E-state index in [1.165, 1.54) is 34.1 Å². The van der Waals surface area contributed by atoms with Gasteiger partial charge >= 0.3 is 0 Å². The molecule has 0 saturated carbocycles. The molecule has 0 spiro atoms. The zero-order chi connectivity index (χ0) is 17.1. The molecule has 1 aromatic carbocycles. The third-order valence-electron chi connectivity index (χ3n) is 3.48. The van der Waals surface area contributed by atoms with Crippen LogP contribution < -0.4 is 10.9 Å². The first-order chi connectivity index (χ1) is 11.6. The topological polar surface area (TPSA) is 59.3 Å².